The van der Waals surface area contributed by atoms with Gasteiger partial charge in [-0.15, -0.1) is 0 Å². The minimum atomic E-state index is -0.301. The summed E-state index contributed by atoms with van der Waals surface area (Å²) >= 11 is 0. The molecule has 6 nitrogen and oxygen atoms in total. The van der Waals surface area contributed by atoms with Gasteiger partial charge in [0.2, 0.25) is 5.91 Å². The van der Waals surface area contributed by atoms with Crippen molar-refractivity contribution in [3.8, 4) is 5.75 Å². The molecule has 0 aliphatic carbocycles. The van der Waals surface area contributed by atoms with Crippen molar-refractivity contribution in [1.82, 2.24) is 0 Å². The van der Waals surface area contributed by atoms with Gasteiger partial charge in [-0.05, 0) is 54.7 Å². The number of hydrogen-bond acceptors (Lipinski definition) is 4. The number of furan rings is 1. The minimum absolute atomic E-state index is 0.196. The highest BCUT2D eigenvalue weighted by Gasteiger charge is 2.29. The molecule has 1 aromatic heterocycles. The van der Waals surface area contributed by atoms with Crippen molar-refractivity contribution in [2.75, 3.05) is 23.9 Å². The number of nitrogens with one attached hydrogen (secondary N) is 1. The first-order valence-electron chi connectivity index (χ1n) is 9.48. The molecule has 2 aliphatic heterocycles. The second-order valence-corrected chi connectivity index (χ2v) is 7.24. The Morgan fingerprint density at radius 2 is 1.96 bits per heavy atom. The zero-order chi connectivity index (χ0) is 19.3. The van der Waals surface area contributed by atoms with E-state index in [9.17, 15) is 9.59 Å². The van der Waals surface area contributed by atoms with Gasteiger partial charge in [0.25, 0.3) is 5.91 Å². The number of para-hydroxylation sites is 1. The van der Waals surface area contributed by atoms with Gasteiger partial charge in [0.15, 0.2) is 17.1 Å². The molecule has 0 spiro atoms. The standard InChI is InChI=1S/C22H20N2O4/c1-27-17-6-2-4-15-12-18(28-21(15)17)22(26)23-16-10-13-5-3-9-24-19(25)8-7-14(11-16)20(13)24/h2,4,6,10-12H,3,5,7-9H2,1H3,(H,23,26). The SMILES string of the molecule is COc1cccc2cc(C(=O)Nc3cc4c5c(c3)CCC(=O)N5CCC4)oc12. The normalized spacial score (nSPS) is 15.5. The van der Waals surface area contributed by atoms with Crippen LogP contribution in [0.15, 0.2) is 40.8 Å². The molecule has 0 saturated heterocycles. The van der Waals surface area contributed by atoms with Crippen LogP contribution >= 0.6 is 0 Å². The van der Waals surface area contributed by atoms with E-state index in [0.717, 1.165) is 47.3 Å². The highest BCUT2D eigenvalue weighted by molar-refractivity contribution is 6.06. The summed E-state index contributed by atoms with van der Waals surface area (Å²) in [7, 11) is 1.57. The minimum Gasteiger partial charge on any atom is -0.493 e. The van der Waals surface area contributed by atoms with Crippen LogP contribution in [0.5, 0.6) is 5.75 Å². The maximum atomic E-state index is 12.8. The maximum Gasteiger partial charge on any atom is 0.291 e. The van der Waals surface area contributed by atoms with Crippen LogP contribution in [0.25, 0.3) is 11.0 Å². The van der Waals surface area contributed by atoms with Crippen LogP contribution in [0.2, 0.25) is 0 Å². The molecule has 0 atom stereocenters. The van der Waals surface area contributed by atoms with Crippen molar-refractivity contribution in [2.24, 2.45) is 0 Å². The summed E-state index contributed by atoms with van der Waals surface area (Å²) in [5.41, 5.74) is 4.60. The molecule has 142 valence electrons. The van der Waals surface area contributed by atoms with Gasteiger partial charge >= 0.3 is 0 Å². The molecule has 2 aliphatic rings. The Morgan fingerprint density at radius 3 is 2.79 bits per heavy atom. The molecular weight excluding hydrogens is 356 g/mol. The molecule has 5 rings (SSSR count). The lowest BCUT2D eigenvalue weighted by Crippen LogP contribution is -2.39. The van der Waals surface area contributed by atoms with Crippen molar-refractivity contribution in [3.63, 3.8) is 0 Å². The molecule has 3 aromatic rings. The van der Waals surface area contributed by atoms with Gasteiger partial charge in [0.05, 0.1) is 12.8 Å². The molecule has 3 heterocycles. The number of aryl methyl sites for hydroxylation is 2. The van der Waals surface area contributed by atoms with Crippen LogP contribution in [0, 0.1) is 0 Å². The Kier molecular flexibility index (Phi) is 3.86. The number of carbonyl (C=O) groups is 2. The number of ether oxygens (including phenoxy) is 1. The van der Waals surface area contributed by atoms with Crippen LogP contribution in [0.4, 0.5) is 11.4 Å². The summed E-state index contributed by atoms with van der Waals surface area (Å²) in [6, 6.07) is 11.2. The van der Waals surface area contributed by atoms with Gasteiger partial charge in [0.1, 0.15) is 0 Å². The Hall–Kier alpha value is -3.28. The van der Waals surface area contributed by atoms with Crippen LogP contribution in [-0.2, 0) is 17.6 Å². The average Bonchev–Trinajstić information content (AvgIpc) is 3.15. The van der Waals surface area contributed by atoms with Gasteiger partial charge in [0, 0.05) is 24.0 Å². The molecule has 6 heteroatoms. The summed E-state index contributed by atoms with van der Waals surface area (Å²) in [4.78, 5) is 26.9. The maximum absolute atomic E-state index is 12.8. The summed E-state index contributed by atoms with van der Waals surface area (Å²) in [6.07, 6.45) is 3.09. The van der Waals surface area contributed by atoms with Gasteiger partial charge < -0.3 is 19.4 Å². The summed E-state index contributed by atoms with van der Waals surface area (Å²) in [5, 5.41) is 3.77. The first kappa shape index (κ1) is 16.9. The van der Waals surface area contributed by atoms with E-state index in [4.69, 9.17) is 9.15 Å². The summed E-state index contributed by atoms with van der Waals surface area (Å²) in [6.45, 7) is 0.783. The second kappa shape index (κ2) is 6.41. The third-order valence-electron chi connectivity index (χ3n) is 5.48. The van der Waals surface area contributed by atoms with E-state index in [-0.39, 0.29) is 17.6 Å². The fourth-order valence-corrected chi connectivity index (χ4v) is 4.23. The number of nitrogens with zero attached hydrogens (tertiary/aromatic N) is 1. The van der Waals surface area contributed by atoms with Crippen molar-refractivity contribution >= 4 is 34.2 Å². The molecule has 0 saturated carbocycles. The van der Waals surface area contributed by atoms with Crippen LogP contribution in [-0.4, -0.2) is 25.5 Å². The zero-order valence-electron chi connectivity index (χ0n) is 15.6. The predicted octanol–water partition coefficient (Wildman–Crippen LogP) is 3.92. The number of fused-ring (bicyclic) bond motifs is 1. The predicted molar refractivity (Wildman–Crippen MR) is 106 cm³/mol. The number of hydrogen-bond donors (Lipinski definition) is 1. The third-order valence-corrected chi connectivity index (χ3v) is 5.48. The fraction of sp³-hybridized carbons (Fsp3) is 0.273. The Bertz CT molecular complexity index is 1100. The first-order chi connectivity index (χ1) is 13.6. The van der Waals surface area contributed by atoms with Crippen molar-refractivity contribution in [3.05, 3.63) is 53.3 Å². The summed E-state index contributed by atoms with van der Waals surface area (Å²) < 4.78 is 11.0. The third kappa shape index (κ3) is 2.64. The molecule has 0 unspecified atom stereocenters. The van der Waals surface area contributed by atoms with E-state index in [1.54, 1.807) is 19.2 Å². The first-order valence-corrected chi connectivity index (χ1v) is 9.48. The lowest BCUT2D eigenvalue weighted by molar-refractivity contribution is -0.119. The second-order valence-electron chi connectivity index (χ2n) is 7.24. The summed E-state index contributed by atoms with van der Waals surface area (Å²) in [5.74, 6) is 0.730. The Labute approximate surface area is 162 Å². The van der Waals surface area contributed by atoms with Crippen LogP contribution in [0.3, 0.4) is 0 Å². The van der Waals surface area contributed by atoms with Gasteiger partial charge in [-0.1, -0.05) is 12.1 Å². The number of anilines is 2. The largest absolute Gasteiger partial charge is 0.493 e. The van der Waals surface area contributed by atoms with Gasteiger partial charge in [-0.25, -0.2) is 0 Å². The molecule has 1 N–H and O–H groups in total. The van der Waals surface area contributed by atoms with E-state index in [1.807, 2.05) is 29.2 Å². The topological polar surface area (TPSA) is 71.8 Å². The fourth-order valence-electron chi connectivity index (χ4n) is 4.23. The average molecular weight is 376 g/mol. The monoisotopic (exact) mass is 376 g/mol. The number of carbonyl (C=O) groups excluding carboxylic acids is 2. The van der Waals surface area contributed by atoms with E-state index in [1.165, 1.54) is 0 Å². The lowest BCUT2D eigenvalue weighted by atomic mass is 9.91. The Balaban J connectivity index is 1.47. The number of amides is 2. The molecule has 0 bridgehead atoms. The van der Waals surface area contributed by atoms with Crippen LogP contribution < -0.4 is 15.0 Å². The van der Waals surface area contributed by atoms with Crippen LogP contribution in [0.1, 0.15) is 34.5 Å². The zero-order valence-corrected chi connectivity index (χ0v) is 15.6. The highest BCUT2D eigenvalue weighted by Crippen LogP contribution is 2.38. The Morgan fingerprint density at radius 1 is 1.14 bits per heavy atom. The molecule has 0 fully saturated rings. The van der Waals surface area contributed by atoms with E-state index < -0.39 is 0 Å². The molecule has 2 aromatic carbocycles. The van der Waals surface area contributed by atoms with E-state index in [0.29, 0.717) is 24.2 Å². The van der Waals surface area contributed by atoms with Crippen molar-refractivity contribution < 1.29 is 18.7 Å². The molecule has 0 radical (unpaired) electrons. The van der Waals surface area contributed by atoms with E-state index in [2.05, 4.69) is 5.32 Å². The number of rotatable bonds is 3. The quantitative estimate of drug-likeness (QED) is 0.752. The molecule has 2 amide bonds. The smallest absolute Gasteiger partial charge is 0.291 e. The van der Waals surface area contributed by atoms with Gasteiger partial charge in [-0.2, -0.15) is 0 Å². The lowest BCUT2D eigenvalue weighted by Gasteiger charge is -2.35. The molecule has 28 heavy (non-hydrogen) atoms. The number of methoxy groups -OCH3 is 1. The number of benzene rings is 2. The molecular formula is C22H20N2O4. The van der Waals surface area contributed by atoms with E-state index >= 15 is 0 Å². The van der Waals surface area contributed by atoms with Gasteiger partial charge in [-0.3, -0.25) is 9.59 Å². The van der Waals surface area contributed by atoms with Crippen molar-refractivity contribution in [1.29, 1.82) is 0 Å². The highest BCUT2D eigenvalue weighted by atomic mass is 16.5. The van der Waals surface area contributed by atoms with Crippen molar-refractivity contribution in [2.45, 2.75) is 25.7 Å².